The Morgan fingerprint density at radius 1 is 1.38 bits per heavy atom. The lowest BCUT2D eigenvalue weighted by atomic mass is 10.2. The first-order valence-electron chi connectivity index (χ1n) is 7.29. The number of hydrogen-bond donors (Lipinski definition) is 1. The van der Waals surface area contributed by atoms with Crippen LogP contribution in [0.4, 0.5) is 0 Å². The normalized spacial score (nSPS) is 16.1. The molecule has 1 atom stereocenters. The Labute approximate surface area is 127 Å². The monoisotopic (exact) mass is 305 g/mol. The number of fused-ring (bicyclic) bond motifs is 1. The van der Waals surface area contributed by atoms with Gasteiger partial charge in [-0.2, -0.15) is 0 Å². The van der Waals surface area contributed by atoms with Gasteiger partial charge in [0, 0.05) is 13.0 Å². The van der Waals surface area contributed by atoms with Crippen molar-refractivity contribution in [3.63, 3.8) is 0 Å². The van der Waals surface area contributed by atoms with Gasteiger partial charge < -0.3 is 9.88 Å². The van der Waals surface area contributed by atoms with E-state index in [4.69, 9.17) is 0 Å². The van der Waals surface area contributed by atoms with Gasteiger partial charge in [-0.15, -0.1) is 21.5 Å². The zero-order chi connectivity index (χ0) is 14.8. The van der Waals surface area contributed by atoms with Crippen molar-refractivity contribution in [2.45, 2.75) is 52.1 Å². The van der Waals surface area contributed by atoms with Gasteiger partial charge in [0.2, 0.25) is 0 Å². The second-order valence-corrected chi connectivity index (χ2v) is 6.25. The summed E-state index contributed by atoms with van der Waals surface area (Å²) < 4.78 is 2.16. The summed E-state index contributed by atoms with van der Waals surface area (Å²) in [6.45, 7) is 4.74. The Hall–Kier alpha value is -1.76. The number of amides is 1. The first kappa shape index (κ1) is 14.2. The van der Waals surface area contributed by atoms with Crippen LogP contribution in [0.15, 0.2) is 5.51 Å². The summed E-state index contributed by atoms with van der Waals surface area (Å²) in [6, 6.07) is -0.154. The molecule has 1 N–H and O–H groups in total. The highest BCUT2D eigenvalue weighted by Gasteiger charge is 2.22. The molecule has 3 heterocycles. The zero-order valence-corrected chi connectivity index (χ0v) is 13.1. The fourth-order valence-corrected chi connectivity index (χ4v) is 3.38. The molecule has 3 rings (SSSR count). The Bertz CT molecular complexity index is 648. The minimum atomic E-state index is -0.154. The number of hydrogen-bond acceptors (Lipinski definition) is 5. The predicted octanol–water partition coefficient (Wildman–Crippen LogP) is 2.26. The van der Waals surface area contributed by atoms with E-state index in [0.29, 0.717) is 4.88 Å². The number of nitrogens with one attached hydrogen (secondary N) is 1. The molecule has 0 aliphatic carbocycles. The minimum Gasteiger partial charge on any atom is -0.342 e. The van der Waals surface area contributed by atoms with Crippen LogP contribution in [0, 0.1) is 6.92 Å². The summed E-state index contributed by atoms with van der Waals surface area (Å²) in [4.78, 5) is 17.0. The number of carbonyl (C=O) groups excluding carboxylic acids is 1. The molecule has 1 aliphatic heterocycles. The topological polar surface area (TPSA) is 72.7 Å². The summed E-state index contributed by atoms with van der Waals surface area (Å²) in [5.74, 6) is 1.80. The molecule has 7 heteroatoms. The molecule has 0 unspecified atom stereocenters. The highest BCUT2D eigenvalue weighted by molar-refractivity contribution is 7.11. The van der Waals surface area contributed by atoms with E-state index < -0.39 is 0 Å². The van der Waals surface area contributed by atoms with E-state index in [1.807, 2.05) is 13.8 Å². The van der Waals surface area contributed by atoms with Gasteiger partial charge in [-0.25, -0.2) is 4.98 Å². The van der Waals surface area contributed by atoms with E-state index >= 15 is 0 Å². The number of carbonyl (C=O) groups is 1. The van der Waals surface area contributed by atoms with Crippen LogP contribution in [0.1, 0.15) is 59.2 Å². The smallest absolute Gasteiger partial charge is 0.263 e. The second kappa shape index (κ2) is 5.93. The lowest BCUT2D eigenvalue weighted by Crippen LogP contribution is -2.28. The van der Waals surface area contributed by atoms with Crippen molar-refractivity contribution in [2.24, 2.45) is 0 Å². The van der Waals surface area contributed by atoms with Gasteiger partial charge in [-0.3, -0.25) is 4.79 Å². The van der Waals surface area contributed by atoms with Crippen LogP contribution in [0.2, 0.25) is 0 Å². The van der Waals surface area contributed by atoms with Crippen molar-refractivity contribution in [1.29, 1.82) is 0 Å². The second-order valence-electron chi connectivity index (χ2n) is 5.40. The van der Waals surface area contributed by atoms with Gasteiger partial charge in [0.25, 0.3) is 5.91 Å². The molecule has 0 aromatic carbocycles. The van der Waals surface area contributed by atoms with Gasteiger partial charge in [0.15, 0.2) is 5.82 Å². The van der Waals surface area contributed by atoms with Crippen LogP contribution < -0.4 is 5.32 Å². The average molecular weight is 305 g/mol. The third-order valence-electron chi connectivity index (χ3n) is 3.82. The van der Waals surface area contributed by atoms with Crippen LogP contribution in [0.5, 0.6) is 0 Å². The Morgan fingerprint density at radius 3 is 3.00 bits per heavy atom. The van der Waals surface area contributed by atoms with E-state index in [0.717, 1.165) is 36.7 Å². The van der Waals surface area contributed by atoms with Crippen molar-refractivity contribution < 1.29 is 4.79 Å². The molecule has 6 nitrogen and oxygen atoms in total. The Balaban J connectivity index is 1.77. The third kappa shape index (κ3) is 2.83. The number of nitrogens with zero attached hydrogens (tertiary/aromatic N) is 4. The van der Waals surface area contributed by atoms with Crippen molar-refractivity contribution in [3.05, 3.63) is 27.7 Å². The maximum absolute atomic E-state index is 12.3. The van der Waals surface area contributed by atoms with Crippen molar-refractivity contribution in [3.8, 4) is 0 Å². The van der Waals surface area contributed by atoms with Crippen LogP contribution in [0.3, 0.4) is 0 Å². The molecule has 2 aromatic rings. The summed E-state index contributed by atoms with van der Waals surface area (Å²) in [6.07, 6.45) is 4.51. The lowest BCUT2D eigenvalue weighted by Gasteiger charge is -2.15. The Morgan fingerprint density at radius 2 is 2.24 bits per heavy atom. The van der Waals surface area contributed by atoms with Gasteiger partial charge in [-0.1, -0.05) is 6.42 Å². The lowest BCUT2D eigenvalue weighted by molar-refractivity contribution is 0.0941. The minimum absolute atomic E-state index is 0.0894. The fourth-order valence-electron chi connectivity index (χ4n) is 2.67. The molecular formula is C14H19N5OS. The van der Waals surface area contributed by atoms with E-state index in [1.54, 1.807) is 5.51 Å². The van der Waals surface area contributed by atoms with Crippen LogP contribution in [-0.2, 0) is 13.0 Å². The van der Waals surface area contributed by atoms with Crippen molar-refractivity contribution in [1.82, 2.24) is 25.1 Å². The molecule has 21 heavy (non-hydrogen) atoms. The van der Waals surface area contributed by atoms with Crippen molar-refractivity contribution >= 4 is 17.2 Å². The SMILES string of the molecule is Cc1ncsc1C(=O)N[C@@H](C)c1nnc2n1CCCCC2. The molecule has 0 saturated heterocycles. The molecule has 1 aliphatic rings. The molecule has 0 spiro atoms. The van der Waals surface area contributed by atoms with Gasteiger partial charge in [0.05, 0.1) is 17.2 Å². The summed E-state index contributed by atoms with van der Waals surface area (Å²) in [7, 11) is 0. The fraction of sp³-hybridized carbons (Fsp3) is 0.571. The third-order valence-corrected chi connectivity index (χ3v) is 4.75. The first-order valence-corrected chi connectivity index (χ1v) is 8.17. The van der Waals surface area contributed by atoms with Crippen LogP contribution in [0.25, 0.3) is 0 Å². The molecule has 0 saturated carbocycles. The molecule has 1 amide bonds. The highest BCUT2D eigenvalue weighted by atomic mass is 32.1. The maximum Gasteiger partial charge on any atom is 0.263 e. The maximum atomic E-state index is 12.3. The Kier molecular flexibility index (Phi) is 4.01. The van der Waals surface area contributed by atoms with Gasteiger partial charge in [-0.05, 0) is 26.7 Å². The number of thiazole rings is 1. The van der Waals surface area contributed by atoms with E-state index in [-0.39, 0.29) is 11.9 Å². The number of aryl methyl sites for hydroxylation is 2. The highest BCUT2D eigenvalue weighted by Crippen LogP contribution is 2.20. The largest absolute Gasteiger partial charge is 0.342 e. The predicted molar refractivity (Wildman–Crippen MR) is 80.3 cm³/mol. The molecule has 2 aromatic heterocycles. The zero-order valence-electron chi connectivity index (χ0n) is 12.3. The summed E-state index contributed by atoms with van der Waals surface area (Å²) in [5, 5.41) is 11.6. The number of rotatable bonds is 3. The average Bonchev–Trinajstić information content (AvgIpc) is 2.99. The standard InChI is InChI=1S/C14H19N5OS/c1-9-12(21-8-15-9)14(20)16-10(2)13-18-17-11-6-4-3-5-7-19(11)13/h8,10H,3-7H2,1-2H3,(H,16,20)/t10-/m0/s1. The quantitative estimate of drug-likeness (QED) is 0.944. The van der Waals surface area contributed by atoms with E-state index in [1.165, 1.54) is 24.2 Å². The molecule has 0 radical (unpaired) electrons. The molecule has 0 fully saturated rings. The number of aromatic nitrogens is 4. The summed E-state index contributed by atoms with van der Waals surface area (Å²) >= 11 is 1.36. The molecular weight excluding hydrogens is 286 g/mol. The van der Waals surface area contributed by atoms with Gasteiger partial charge in [0.1, 0.15) is 10.7 Å². The van der Waals surface area contributed by atoms with E-state index in [9.17, 15) is 4.79 Å². The first-order chi connectivity index (χ1) is 10.2. The van der Waals surface area contributed by atoms with Crippen molar-refractivity contribution in [2.75, 3.05) is 0 Å². The van der Waals surface area contributed by atoms with Crippen LogP contribution >= 0.6 is 11.3 Å². The van der Waals surface area contributed by atoms with Gasteiger partial charge >= 0.3 is 0 Å². The summed E-state index contributed by atoms with van der Waals surface area (Å²) in [5.41, 5.74) is 2.46. The molecule has 0 bridgehead atoms. The van der Waals surface area contributed by atoms with Crippen LogP contribution in [-0.4, -0.2) is 25.7 Å². The van der Waals surface area contributed by atoms with E-state index in [2.05, 4.69) is 25.1 Å². The molecule has 112 valence electrons.